The van der Waals surface area contributed by atoms with Crippen molar-refractivity contribution < 1.29 is 0 Å². The van der Waals surface area contributed by atoms with Crippen LogP contribution in [0.1, 0.15) is 23.9 Å². The fourth-order valence-corrected chi connectivity index (χ4v) is 1.70. The third-order valence-electron chi connectivity index (χ3n) is 2.68. The van der Waals surface area contributed by atoms with Gasteiger partial charge >= 0.3 is 0 Å². The van der Waals surface area contributed by atoms with Gasteiger partial charge in [0.1, 0.15) is 5.65 Å². The molecule has 0 saturated carbocycles. The molecule has 2 N–H and O–H groups in total. The van der Waals surface area contributed by atoms with Crippen LogP contribution in [0.2, 0.25) is 0 Å². The molecule has 0 fully saturated rings. The molecule has 3 heteroatoms. The number of nitrogens with two attached hydrogens (primary N) is 1. The SMILES string of the molecule is CCc1nc2cc(C)c(N)cn2c1C. The number of rotatable bonds is 1. The van der Waals surface area contributed by atoms with E-state index in [1.165, 1.54) is 5.69 Å². The van der Waals surface area contributed by atoms with Crippen molar-refractivity contribution in [2.24, 2.45) is 0 Å². The number of nitrogens with zero attached hydrogens (tertiary/aromatic N) is 2. The fraction of sp³-hybridized carbons (Fsp3) is 0.364. The highest BCUT2D eigenvalue weighted by Gasteiger charge is 2.07. The third-order valence-corrected chi connectivity index (χ3v) is 2.68. The van der Waals surface area contributed by atoms with Crippen molar-refractivity contribution in [3.8, 4) is 0 Å². The number of nitrogen functional groups attached to an aromatic ring is 1. The molecule has 2 heterocycles. The molecule has 0 aromatic carbocycles. The lowest BCUT2D eigenvalue weighted by Gasteiger charge is -2.02. The molecule has 0 aliphatic carbocycles. The Morgan fingerprint density at radius 3 is 2.79 bits per heavy atom. The second-order valence-electron chi connectivity index (χ2n) is 3.64. The first kappa shape index (κ1) is 9.06. The lowest BCUT2D eigenvalue weighted by molar-refractivity contribution is 1.02. The first-order chi connectivity index (χ1) is 6.63. The normalized spacial score (nSPS) is 11.1. The third kappa shape index (κ3) is 1.16. The summed E-state index contributed by atoms with van der Waals surface area (Å²) in [6, 6.07) is 2.03. The number of hydrogen-bond acceptors (Lipinski definition) is 2. The number of pyridine rings is 1. The minimum absolute atomic E-state index is 0.820. The molecule has 2 aromatic heterocycles. The van der Waals surface area contributed by atoms with Crippen LogP contribution in [-0.2, 0) is 6.42 Å². The molecule has 3 nitrogen and oxygen atoms in total. The Bertz CT molecular complexity index is 483. The summed E-state index contributed by atoms with van der Waals surface area (Å²) in [6.45, 7) is 6.20. The van der Waals surface area contributed by atoms with E-state index >= 15 is 0 Å². The Hall–Kier alpha value is -1.51. The summed E-state index contributed by atoms with van der Waals surface area (Å²) < 4.78 is 2.06. The van der Waals surface area contributed by atoms with Crippen LogP contribution in [0.4, 0.5) is 5.69 Å². The predicted molar refractivity (Wildman–Crippen MR) is 58.5 cm³/mol. The molecule has 0 amide bonds. The maximum Gasteiger partial charge on any atom is 0.137 e. The number of imidazole rings is 1. The van der Waals surface area contributed by atoms with Crippen LogP contribution >= 0.6 is 0 Å². The summed E-state index contributed by atoms with van der Waals surface area (Å²) in [5.41, 5.74) is 11.1. The van der Waals surface area contributed by atoms with Gasteiger partial charge in [-0.3, -0.25) is 0 Å². The van der Waals surface area contributed by atoms with E-state index in [1.807, 2.05) is 19.2 Å². The topological polar surface area (TPSA) is 43.3 Å². The van der Waals surface area contributed by atoms with Gasteiger partial charge in [0.25, 0.3) is 0 Å². The van der Waals surface area contributed by atoms with E-state index < -0.39 is 0 Å². The standard InChI is InChI=1S/C11H15N3/c1-4-10-8(3)14-6-9(12)7(2)5-11(14)13-10/h5-6H,4,12H2,1-3H3. The molecule has 0 saturated heterocycles. The van der Waals surface area contributed by atoms with Crippen molar-refractivity contribution in [1.29, 1.82) is 0 Å². The largest absolute Gasteiger partial charge is 0.397 e. The summed E-state index contributed by atoms with van der Waals surface area (Å²) in [5, 5.41) is 0. The molecule has 0 spiro atoms. The zero-order valence-corrected chi connectivity index (χ0v) is 8.83. The second-order valence-corrected chi connectivity index (χ2v) is 3.64. The van der Waals surface area contributed by atoms with E-state index in [4.69, 9.17) is 5.73 Å². The molecule has 0 radical (unpaired) electrons. The highest BCUT2D eigenvalue weighted by molar-refractivity contribution is 5.55. The van der Waals surface area contributed by atoms with Gasteiger partial charge in [0.15, 0.2) is 0 Å². The van der Waals surface area contributed by atoms with Crippen LogP contribution in [-0.4, -0.2) is 9.38 Å². The molecule has 0 atom stereocenters. The minimum Gasteiger partial charge on any atom is -0.397 e. The monoisotopic (exact) mass is 189 g/mol. The molecule has 2 rings (SSSR count). The van der Waals surface area contributed by atoms with Crippen LogP contribution in [0.3, 0.4) is 0 Å². The fourth-order valence-electron chi connectivity index (χ4n) is 1.70. The van der Waals surface area contributed by atoms with E-state index in [9.17, 15) is 0 Å². The average Bonchev–Trinajstić information content (AvgIpc) is 2.45. The zero-order valence-electron chi connectivity index (χ0n) is 8.83. The highest BCUT2D eigenvalue weighted by Crippen LogP contribution is 2.17. The van der Waals surface area contributed by atoms with Crippen LogP contribution in [0.5, 0.6) is 0 Å². The van der Waals surface area contributed by atoms with E-state index in [2.05, 4.69) is 23.2 Å². The molecule has 0 bridgehead atoms. The quantitative estimate of drug-likeness (QED) is 0.746. The van der Waals surface area contributed by atoms with E-state index in [0.717, 1.165) is 29.0 Å². The van der Waals surface area contributed by atoms with Gasteiger partial charge in [-0.1, -0.05) is 6.92 Å². The van der Waals surface area contributed by atoms with Crippen molar-refractivity contribution in [2.45, 2.75) is 27.2 Å². The Kier molecular flexibility index (Phi) is 1.95. The smallest absolute Gasteiger partial charge is 0.137 e. The lowest BCUT2D eigenvalue weighted by atomic mass is 10.2. The first-order valence-corrected chi connectivity index (χ1v) is 4.87. The number of aryl methyl sites for hydroxylation is 3. The second kappa shape index (κ2) is 3.01. The van der Waals surface area contributed by atoms with Crippen molar-refractivity contribution in [3.05, 3.63) is 29.2 Å². The van der Waals surface area contributed by atoms with Crippen molar-refractivity contribution in [3.63, 3.8) is 0 Å². The summed E-state index contributed by atoms with van der Waals surface area (Å²) in [4.78, 5) is 4.54. The molecular formula is C11H15N3. The van der Waals surface area contributed by atoms with Gasteiger partial charge in [0.2, 0.25) is 0 Å². The van der Waals surface area contributed by atoms with Gasteiger partial charge in [-0.15, -0.1) is 0 Å². The van der Waals surface area contributed by atoms with Crippen molar-refractivity contribution in [1.82, 2.24) is 9.38 Å². The molecular weight excluding hydrogens is 174 g/mol. The van der Waals surface area contributed by atoms with E-state index in [-0.39, 0.29) is 0 Å². The molecule has 14 heavy (non-hydrogen) atoms. The Balaban J connectivity index is 2.80. The average molecular weight is 189 g/mol. The van der Waals surface area contributed by atoms with Gasteiger partial charge in [0, 0.05) is 11.9 Å². The van der Waals surface area contributed by atoms with Crippen LogP contribution in [0.15, 0.2) is 12.3 Å². The maximum absolute atomic E-state index is 5.86. The molecule has 2 aromatic rings. The van der Waals surface area contributed by atoms with Crippen LogP contribution in [0.25, 0.3) is 5.65 Å². The van der Waals surface area contributed by atoms with Gasteiger partial charge in [0.05, 0.1) is 11.4 Å². The summed E-state index contributed by atoms with van der Waals surface area (Å²) in [5.74, 6) is 0. The number of hydrogen-bond donors (Lipinski definition) is 1. The van der Waals surface area contributed by atoms with Crippen molar-refractivity contribution in [2.75, 3.05) is 5.73 Å². The van der Waals surface area contributed by atoms with Crippen molar-refractivity contribution >= 4 is 11.3 Å². The number of anilines is 1. The molecule has 0 unspecified atom stereocenters. The van der Waals surface area contributed by atoms with E-state index in [1.54, 1.807) is 0 Å². The number of fused-ring (bicyclic) bond motifs is 1. The van der Waals surface area contributed by atoms with Gasteiger partial charge in [-0.05, 0) is 31.9 Å². The zero-order chi connectivity index (χ0) is 10.3. The van der Waals surface area contributed by atoms with Gasteiger partial charge < -0.3 is 10.1 Å². The molecule has 0 aliphatic rings. The van der Waals surface area contributed by atoms with Gasteiger partial charge in [-0.25, -0.2) is 4.98 Å². The Labute approximate surface area is 83.6 Å². The molecule has 0 aliphatic heterocycles. The first-order valence-electron chi connectivity index (χ1n) is 4.87. The van der Waals surface area contributed by atoms with Gasteiger partial charge in [-0.2, -0.15) is 0 Å². The minimum atomic E-state index is 0.820. The van der Waals surface area contributed by atoms with Crippen LogP contribution < -0.4 is 5.73 Å². The highest BCUT2D eigenvalue weighted by atomic mass is 15.0. The number of aromatic nitrogens is 2. The molecule has 74 valence electrons. The predicted octanol–water partition coefficient (Wildman–Crippen LogP) is 2.10. The Morgan fingerprint density at radius 2 is 2.14 bits per heavy atom. The van der Waals surface area contributed by atoms with E-state index in [0.29, 0.717) is 0 Å². The summed E-state index contributed by atoms with van der Waals surface area (Å²) in [6.07, 6.45) is 2.92. The lowest BCUT2D eigenvalue weighted by Crippen LogP contribution is -1.95. The Morgan fingerprint density at radius 1 is 1.43 bits per heavy atom. The summed E-state index contributed by atoms with van der Waals surface area (Å²) >= 11 is 0. The summed E-state index contributed by atoms with van der Waals surface area (Å²) in [7, 11) is 0. The van der Waals surface area contributed by atoms with Crippen LogP contribution in [0, 0.1) is 13.8 Å². The maximum atomic E-state index is 5.86.